The molecule has 8 nitrogen and oxygen atoms in total. The molecule has 0 bridgehead atoms. The average Bonchev–Trinajstić information content (AvgIpc) is 2.37. The van der Waals surface area contributed by atoms with Crippen LogP contribution in [0.2, 0.25) is 0 Å². The minimum Gasteiger partial charge on any atom is -0.210 e. The van der Waals surface area contributed by atoms with E-state index in [0.717, 1.165) is 25.3 Å². The van der Waals surface area contributed by atoms with Gasteiger partial charge in [-0.1, -0.05) is 14.2 Å². The summed E-state index contributed by atoms with van der Waals surface area (Å²) in [5, 5.41) is 8.66. The maximum atomic E-state index is 12.0. The second-order valence-corrected chi connectivity index (χ2v) is 7.01. The monoisotopic (exact) mass is 301 g/mol. The Kier molecular flexibility index (Phi) is 4.18. The van der Waals surface area contributed by atoms with Crippen LogP contribution < -0.4 is 0 Å². The summed E-state index contributed by atoms with van der Waals surface area (Å²) in [7, 11) is -8.38. The van der Waals surface area contributed by atoms with Crippen LogP contribution in [0.5, 0.6) is 0 Å². The second kappa shape index (κ2) is 5.29. The van der Waals surface area contributed by atoms with Crippen molar-refractivity contribution in [2.24, 2.45) is 4.40 Å². The number of nitriles is 1. The molecule has 19 heavy (non-hydrogen) atoms. The van der Waals surface area contributed by atoms with Crippen molar-refractivity contribution in [3.8, 4) is 6.07 Å². The third kappa shape index (κ3) is 3.04. The molecule has 0 spiro atoms. The van der Waals surface area contributed by atoms with Gasteiger partial charge in [0.15, 0.2) is 0 Å². The molecular formula is C9H7N3O5S2. The zero-order chi connectivity index (χ0) is 14.7. The van der Waals surface area contributed by atoms with E-state index in [-0.39, 0.29) is 9.27 Å². The van der Waals surface area contributed by atoms with E-state index in [1.807, 2.05) is 0 Å². The zero-order valence-corrected chi connectivity index (χ0v) is 11.1. The highest BCUT2D eigenvalue weighted by atomic mass is 32.3. The highest BCUT2D eigenvalue weighted by Gasteiger charge is 2.31. The Morgan fingerprint density at radius 2 is 1.89 bits per heavy atom. The third-order valence-corrected chi connectivity index (χ3v) is 5.71. The van der Waals surface area contributed by atoms with Gasteiger partial charge in [0.2, 0.25) is 0 Å². The molecule has 0 aliphatic carbocycles. The van der Waals surface area contributed by atoms with Gasteiger partial charge in [-0.15, -0.1) is 0 Å². The predicted molar refractivity (Wildman–Crippen MR) is 63.1 cm³/mol. The van der Waals surface area contributed by atoms with E-state index in [9.17, 15) is 21.6 Å². The van der Waals surface area contributed by atoms with Crippen LogP contribution in [0, 0.1) is 11.3 Å². The van der Waals surface area contributed by atoms with E-state index in [4.69, 9.17) is 5.26 Å². The Bertz CT molecular complexity index is 785. The number of sulfonamides is 1. The minimum absolute atomic E-state index is 0.0470. The molecule has 100 valence electrons. The first-order chi connectivity index (χ1) is 8.75. The van der Waals surface area contributed by atoms with Crippen LogP contribution in [-0.2, 0) is 25.0 Å². The molecule has 0 atom stereocenters. The lowest BCUT2D eigenvalue weighted by Crippen LogP contribution is -2.31. The molecule has 0 heterocycles. The molecule has 0 amide bonds. The highest BCUT2D eigenvalue weighted by Crippen LogP contribution is 2.18. The quantitative estimate of drug-likeness (QED) is 0.558. The molecule has 0 saturated heterocycles. The van der Waals surface area contributed by atoms with Gasteiger partial charge in [-0.25, -0.2) is 13.2 Å². The van der Waals surface area contributed by atoms with Crippen molar-refractivity contribution in [2.75, 3.05) is 7.05 Å². The topological polar surface area (TPSA) is 125 Å². The molecule has 1 aromatic rings. The fourth-order valence-corrected chi connectivity index (χ4v) is 3.49. The summed E-state index contributed by atoms with van der Waals surface area (Å²) >= 11 is 0. The number of benzene rings is 1. The molecule has 0 N–H and O–H groups in total. The van der Waals surface area contributed by atoms with Crippen LogP contribution in [0.25, 0.3) is 0 Å². The lowest BCUT2D eigenvalue weighted by Gasteiger charge is -2.13. The summed E-state index contributed by atoms with van der Waals surface area (Å²) in [6.07, 6.45) is 0.764. The smallest absolute Gasteiger partial charge is 0.210 e. The molecule has 10 heteroatoms. The van der Waals surface area contributed by atoms with Crippen molar-refractivity contribution in [3.05, 3.63) is 29.8 Å². The van der Waals surface area contributed by atoms with Gasteiger partial charge >= 0.3 is 10.2 Å². The van der Waals surface area contributed by atoms with Crippen molar-refractivity contribution in [3.63, 3.8) is 0 Å². The van der Waals surface area contributed by atoms with E-state index in [1.165, 1.54) is 12.1 Å². The summed E-state index contributed by atoms with van der Waals surface area (Å²) < 4.78 is 49.0. The van der Waals surface area contributed by atoms with Crippen LogP contribution in [0.3, 0.4) is 0 Å². The average molecular weight is 301 g/mol. The standard InChI is InChI=1S/C9H7N3O5S2/c1-12(19(16,17)11-7-13)18(14,15)9-4-2-3-8(5-9)6-10/h2-5H,1H3. The summed E-state index contributed by atoms with van der Waals surface area (Å²) in [6.45, 7) is 0. The van der Waals surface area contributed by atoms with Crippen LogP contribution >= 0.6 is 0 Å². The number of hydrogen-bond donors (Lipinski definition) is 0. The third-order valence-electron chi connectivity index (χ3n) is 2.08. The van der Waals surface area contributed by atoms with Crippen molar-refractivity contribution < 1.29 is 21.6 Å². The van der Waals surface area contributed by atoms with Crippen molar-refractivity contribution in [2.45, 2.75) is 4.90 Å². The molecular weight excluding hydrogens is 294 g/mol. The molecule has 0 fully saturated rings. The summed E-state index contributed by atoms with van der Waals surface area (Å²) in [6, 6.07) is 6.49. The Labute approximate surface area is 109 Å². The maximum Gasteiger partial charge on any atom is 0.345 e. The summed E-state index contributed by atoms with van der Waals surface area (Å²) in [5.74, 6) is 0. The highest BCUT2D eigenvalue weighted by molar-refractivity contribution is 8.03. The number of rotatable bonds is 4. The van der Waals surface area contributed by atoms with E-state index in [2.05, 4.69) is 4.40 Å². The summed E-state index contributed by atoms with van der Waals surface area (Å²) in [4.78, 5) is 9.55. The van der Waals surface area contributed by atoms with Gasteiger partial charge in [-0.2, -0.15) is 13.7 Å². The van der Waals surface area contributed by atoms with Crippen LogP contribution in [0.15, 0.2) is 33.6 Å². The fraction of sp³-hybridized carbons (Fsp3) is 0.111. The second-order valence-electron chi connectivity index (χ2n) is 3.18. The molecule has 1 rings (SSSR count). The van der Waals surface area contributed by atoms with E-state index in [0.29, 0.717) is 0 Å². The normalized spacial score (nSPS) is 11.6. The van der Waals surface area contributed by atoms with Gasteiger partial charge in [-0.05, 0) is 18.2 Å². The first kappa shape index (κ1) is 15.0. The van der Waals surface area contributed by atoms with E-state index < -0.39 is 25.1 Å². The molecule has 0 unspecified atom stereocenters. The molecule has 0 aromatic heterocycles. The molecule has 0 saturated carbocycles. The molecule has 0 aliphatic heterocycles. The van der Waals surface area contributed by atoms with Crippen molar-refractivity contribution >= 4 is 26.3 Å². The number of isocyanates is 1. The van der Waals surface area contributed by atoms with Gasteiger partial charge < -0.3 is 0 Å². The zero-order valence-electron chi connectivity index (χ0n) is 9.51. The Balaban J connectivity index is 3.40. The molecule has 0 radical (unpaired) electrons. The first-order valence-corrected chi connectivity index (χ1v) is 7.43. The molecule has 0 aliphatic rings. The fourth-order valence-electron chi connectivity index (χ4n) is 1.10. The first-order valence-electron chi connectivity index (χ1n) is 4.59. The van der Waals surface area contributed by atoms with Gasteiger partial charge in [0.25, 0.3) is 16.1 Å². The van der Waals surface area contributed by atoms with E-state index >= 15 is 0 Å². The van der Waals surface area contributed by atoms with Gasteiger partial charge in [-0.3, -0.25) is 0 Å². The number of hydrogen-bond acceptors (Lipinski definition) is 6. The van der Waals surface area contributed by atoms with Crippen molar-refractivity contribution in [1.82, 2.24) is 3.71 Å². The largest absolute Gasteiger partial charge is 0.345 e. The lowest BCUT2D eigenvalue weighted by molar-refractivity contribution is 0.525. The predicted octanol–water partition coefficient (Wildman–Crippen LogP) is -0.241. The molecule has 1 aromatic carbocycles. The van der Waals surface area contributed by atoms with Crippen molar-refractivity contribution in [1.29, 1.82) is 5.26 Å². The Morgan fingerprint density at radius 1 is 1.26 bits per heavy atom. The lowest BCUT2D eigenvalue weighted by atomic mass is 10.2. The van der Waals surface area contributed by atoms with Crippen LogP contribution in [0.1, 0.15) is 5.56 Å². The minimum atomic E-state index is -4.67. The van der Waals surface area contributed by atoms with Crippen LogP contribution in [0.4, 0.5) is 0 Å². The van der Waals surface area contributed by atoms with Gasteiger partial charge in [0.05, 0.1) is 16.5 Å². The van der Waals surface area contributed by atoms with Crippen LogP contribution in [-0.4, -0.2) is 33.7 Å². The van der Waals surface area contributed by atoms with Gasteiger partial charge in [0, 0.05) is 7.05 Å². The Morgan fingerprint density at radius 3 is 2.42 bits per heavy atom. The maximum absolute atomic E-state index is 12.0. The van der Waals surface area contributed by atoms with Gasteiger partial charge in [0.1, 0.15) is 0 Å². The number of nitrogens with zero attached hydrogens (tertiary/aromatic N) is 3. The Hall–Kier alpha value is -2.05. The van der Waals surface area contributed by atoms with E-state index in [1.54, 1.807) is 6.07 Å². The number of carbonyl (C=O) groups excluding carboxylic acids is 1. The SMILES string of the molecule is CN(S(=O)(=O)N=C=O)S(=O)(=O)c1cccc(C#N)c1. The summed E-state index contributed by atoms with van der Waals surface area (Å²) in [5.41, 5.74) is 0.0470.